The number of aliphatic carboxylic acids is 1. The van der Waals surface area contributed by atoms with Gasteiger partial charge in [-0.2, -0.15) is 0 Å². The van der Waals surface area contributed by atoms with E-state index in [1.807, 2.05) is 67.6 Å². The minimum Gasteiger partial charge on any atom is -0.480 e. The van der Waals surface area contributed by atoms with Gasteiger partial charge < -0.3 is 20.5 Å². The van der Waals surface area contributed by atoms with Gasteiger partial charge in [-0.1, -0.05) is 80.4 Å². The van der Waals surface area contributed by atoms with Crippen LogP contribution in [0.2, 0.25) is 0 Å². The summed E-state index contributed by atoms with van der Waals surface area (Å²) >= 11 is 0. The van der Waals surface area contributed by atoms with E-state index < -0.39 is 30.1 Å². The van der Waals surface area contributed by atoms with Crippen LogP contribution in [0.4, 0.5) is 4.79 Å². The Morgan fingerprint density at radius 2 is 1.50 bits per heavy atom. The summed E-state index contributed by atoms with van der Waals surface area (Å²) in [6, 6.07) is 16.4. The number of carbonyl (C=O) groups is 3. The molecule has 7 nitrogen and oxygen atoms in total. The maximum atomic E-state index is 12.8. The van der Waals surface area contributed by atoms with Crippen molar-refractivity contribution in [3.63, 3.8) is 0 Å². The molecule has 2 aromatic carbocycles. The molecule has 0 aliphatic rings. The molecule has 30 heavy (non-hydrogen) atoms. The van der Waals surface area contributed by atoms with Crippen molar-refractivity contribution in [2.45, 2.75) is 51.3 Å². The van der Waals surface area contributed by atoms with Crippen molar-refractivity contribution in [3.05, 3.63) is 71.8 Å². The lowest BCUT2D eigenvalue weighted by Gasteiger charge is -2.21. The molecule has 7 heteroatoms. The average molecular weight is 412 g/mol. The summed E-state index contributed by atoms with van der Waals surface area (Å²) < 4.78 is 5.22. The highest BCUT2D eigenvalue weighted by Gasteiger charge is 2.27. The van der Waals surface area contributed by atoms with Crippen molar-refractivity contribution in [2.75, 3.05) is 0 Å². The Labute approximate surface area is 176 Å². The van der Waals surface area contributed by atoms with Gasteiger partial charge >= 0.3 is 12.1 Å². The van der Waals surface area contributed by atoms with Crippen LogP contribution in [0.1, 0.15) is 37.3 Å². The van der Waals surface area contributed by atoms with Crippen molar-refractivity contribution >= 4 is 18.0 Å². The largest absolute Gasteiger partial charge is 0.480 e. The van der Waals surface area contributed by atoms with Gasteiger partial charge in [-0.15, -0.1) is 0 Å². The monoisotopic (exact) mass is 412 g/mol. The molecular weight excluding hydrogens is 384 g/mol. The summed E-state index contributed by atoms with van der Waals surface area (Å²) in [6.07, 6.45) is 1.29. The summed E-state index contributed by atoms with van der Waals surface area (Å²) in [5.74, 6) is -1.65. The van der Waals surface area contributed by atoms with E-state index in [0.29, 0.717) is 12.8 Å². The predicted octanol–water partition coefficient (Wildman–Crippen LogP) is 3.28. The van der Waals surface area contributed by atoms with E-state index in [2.05, 4.69) is 10.6 Å². The van der Waals surface area contributed by atoms with Crippen LogP contribution >= 0.6 is 0 Å². The third kappa shape index (κ3) is 7.95. The molecule has 160 valence electrons. The van der Waals surface area contributed by atoms with Gasteiger partial charge in [0.25, 0.3) is 0 Å². The SMILES string of the molecule is CCCCC(NC(=O)C(Cc1ccccc1)NC(=O)OCc1ccccc1)C(=O)O. The summed E-state index contributed by atoms with van der Waals surface area (Å²) in [5, 5.41) is 14.5. The Kier molecular flexibility index (Phi) is 9.37. The van der Waals surface area contributed by atoms with Crippen LogP contribution in [0.3, 0.4) is 0 Å². The van der Waals surface area contributed by atoms with Gasteiger partial charge in [0.2, 0.25) is 5.91 Å². The van der Waals surface area contributed by atoms with Crippen LogP contribution in [0.15, 0.2) is 60.7 Å². The Hall–Kier alpha value is -3.35. The molecule has 0 spiro atoms. The fourth-order valence-electron chi connectivity index (χ4n) is 2.90. The van der Waals surface area contributed by atoms with E-state index in [4.69, 9.17) is 4.74 Å². The Balaban J connectivity index is 2.04. The molecule has 3 N–H and O–H groups in total. The molecule has 2 rings (SSSR count). The number of nitrogens with one attached hydrogen (secondary N) is 2. The normalized spacial score (nSPS) is 12.4. The fraction of sp³-hybridized carbons (Fsp3) is 0.348. The Bertz CT molecular complexity index is 811. The molecule has 2 unspecified atom stereocenters. The zero-order chi connectivity index (χ0) is 21.8. The van der Waals surface area contributed by atoms with Crippen molar-refractivity contribution in [3.8, 4) is 0 Å². The van der Waals surface area contributed by atoms with Gasteiger partial charge in [0.1, 0.15) is 18.7 Å². The maximum Gasteiger partial charge on any atom is 0.408 e. The highest BCUT2D eigenvalue weighted by molar-refractivity contribution is 5.89. The van der Waals surface area contributed by atoms with E-state index in [9.17, 15) is 19.5 Å². The molecule has 0 saturated carbocycles. The molecule has 0 aliphatic carbocycles. The second-order valence-electron chi connectivity index (χ2n) is 6.99. The number of unbranched alkanes of at least 4 members (excludes halogenated alkanes) is 1. The third-order valence-corrected chi connectivity index (χ3v) is 4.56. The first kappa shape index (κ1) is 22.9. The summed E-state index contributed by atoms with van der Waals surface area (Å²) in [7, 11) is 0. The molecule has 0 bridgehead atoms. The van der Waals surface area contributed by atoms with E-state index in [0.717, 1.165) is 17.5 Å². The lowest BCUT2D eigenvalue weighted by atomic mass is 10.0. The molecule has 0 saturated heterocycles. The molecule has 0 fully saturated rings. The second-order valence-corrected chi connectivity index (χ2v) is 6.99. The van der Waals surface area contributed by atoms with E-state index in [1.165, 1.54) is 0 Å². The van der Waals surface area contributed by atoms with Gasteiger partial charge in [-0.3, -0.25) is 4.79 Å². The molecule has 2 amide bonds. The quantitative estimate of drug-likeness (QED) is 0.525. The lowest BCUT2D eigenvalue weighted by molar-refractivity contribution is -0.142. The van der Waals surface area contributed by atoms with Crippen LogP contribution in [0, 0.1) is 0 Å². The summed E-state index contributed by atoms with van der Waals surface area (Å²) in [5.41, 5.74) is 1.66. The minimum absolute atomic E-state index is 0.0700. The van der Waals surface area contributed by atoms with Crippen LogP contribution in [-0.2, 0) is 27.4 Å². The first-order chi connectivity index (χ1) is 14.5. The Morgan fingerprint density at radius 3 is 2.07 bits per heavy atom. The fourth-order valence-corrected chi connectivity index (χ4v) is 2.90. The molecule has 2 aromatic rings. The zero-order valence-corrected chi connectivity index (χ0v) is 17.0. The van der Waals surface area contributed by atoms with Crippen LogP contribution in [0.5, 0.6) is 0 Å². The number of benzene rings is 2. The van der Waals surface area contributed by atoms with Crippen molar-refractivity contribution in [1.29, 1.82) is 0 Å². The number of carboxylic acids is 1. The number of amides is 2. The first-order valence-corrected chi connectivity index (χ1v) is 10.0. The number of rotatable bonds is 11. The average Bonchev–Trinajstić information content (AvgIpc) is 2.76. The van der Waals surface area contributed by atoms with Crippen LogP contribution in [-0.4, -0.2) is 35.2 Å². The molecule has 2 atom stereocenters. The zero-order valence-electron chi connectivity index (χ0n) is 17.0. The van der Waals surface area contributed by atoms with Gasteiger partial charge in [0, 0.05) is 6.42 Å². The molecule has 0 aliphatic heterocycles. The second kappa shape index (κ2) is 12.3. The van der Waals surface area contributed by atoms with Crippen LogP contribution < -0.4 is 10.6 Å². The molecule has 0 radical (unpaired) electrons. The molecule has 0 aromatic heterocycles. The van der Waals surface area contributed by atoms with Gasteiger partial charge in [0.05, 0.1) is 0 Å². The standard InChI is InChI=1S/C23H28N2O5/c1-2-3-14-19(22(27)28)24-21(26)20(15-17-10-6-4-7-11-17)25-23(29)30-16-18-12-8-5-9-13-18/h4-13,19-20H,2-3,14-16H2,1H3,(H,24,26)(H,25,29)(H,27,28). The number of hydrogen-bond acceptors (Lipinski definition) is 4. The topological polar surface area (TPSA) is 105 Å². The van der Waals surface area contributed by atoms with Crippen molar-refractivity contribution in [1.82, 2.24) is 10.6 Å². The van der Waals surface area contributed by atoms with Crippen molar-refractivity contribution in [2.24, 2.45) is 0 Å². The predicted molar refractivity (Wildman–Crippen MR) is 113 cm³/mol. The highest BCUT2D eigenvalue weighted by Crippen LogP contribution is 2.07. The number of ether oxygens (including phenoxy) is 1. The molecular formula is C23H28N2O5. The third-order valence-electron chi connectivity index (χ3n) is 4.56. The maximum absolute atomic E-state index is 12.8. The van der Waals surface area contributed by atoms with Gasteiger partial charge in [-0.25, -0.2) is 9.59 Å². The minimum atomic E-state index is -1.10. The number of carbonyl (C=O) groups excluding carboxylic acids is 2. The van der Waals surface area contributed by atoms with Gasteiger partial charge in [0.15, 0.2) is 0 Å². The Morgan fingerprint density at radius 1 is 0.900 bits per heavy atom. The first-order valence-electron chi connectivity index (χ1n) is 10.0. The van der Waals surface area contributed by atoms with E-state index >= 15 is 0 Å². The van der Waals surface area contributed by atoms with E-state index in [1.54, 1.807) is 0 Å². The number of hydrogen-bond donors (Lipinski definition) is 3. The van der Waals surface area contributed by atoms with E-state index in [-0.39, 0.29) is 13.0 Å². The van der Waals surface area contributed by atoms with Crippen LogP contribution in [0.25, 0.3) is 0 Å². The highest BCUT2D eigenvalue weighted by atomic mass is 16.5. The number of alkyl carbamates (subject to hydrolysis) is 1. The van der Waals surface area contributed by atoms with Crippen molar-refractivity contribution < 1.29 is 24.2 Å². The summed E-state index contributed by atoms with van der Waals surface area (Å²) in [6.45, 7) is 2.02. The summed E-state index contributed by atoms with van der Waals surface area (Å²) in [4.78, 5) is 36.6. The smallest absolute Gasteiger partial charge is 0.408 e. The molecule has 0 heterocycles. The van der Waals surface area contributed by atoms with Gasteiger partial charge in [-0.05, 0) is 17.5 Å². The number of carboxylic acid groups (broad SMARTS) is 1. The lowest BCUT2D eigenvalue weighted by Crippen LogP contribution is -2.52.